The third-order valence-corrected chi connectivity index (χ3v) is 4.08. The molecule has 19 heavy (non-hydrogen) atoms. The Morgan fingerprint density at radius 3 is 2.47 bits per heavy atom. The summed E-state index contributed by atoms with van der Waals surface area (Å²) in [5, 5.41) is 0. The van der Waals surface area contributed by atoms with Gasteiger partial charge in [-0.2, -0.15) is 0 Å². The smallest absolute Gasteiger partial charge is 0.243 e. The quantitative estimate of drug-likeness (QED) is 0.717. The van der Waals surface area contributed by atoms with E-state index in [1.165, 1.54) is 0 Å². The highest BCUT2D eigenvalue weighted by atomic mass is 32.2. The molecule has 0 bridgehead atoms. The highest BCUT2D eigenvalue weighted by Crippen LogP contribution is 2.15. The van der Waals surface area contributed by atoms with Crippen LogP contribution in [-0.4, -0.2) is 21.5 Å². The van der Waals surface area contributed by atoms with Crippen molar-refractivity contribution >= 4 is 10.0 Å². The number of hydrogen-bond donors (Lipinski definition) is 2. The first-order chi connectivity index (χ1) is 8.97. The van der Waals surface area contributed by atoms with E-state index in [9.17, 15) is 17.2 Å². The Labute approximate surface area is 112 Å². The first kappa shape index (κ1) is 16.0. The monoisotopic (exact) mass is 292 g/mol. The number of nitrogens with one attached hydrogen (secondary N) is 1. The molecule has 0 fully saturated rings. The highest BCUT2D eigenvalue weighted by molar-refractivity contribution is 7.89. The molecule has 0 aliphatic carbocycles. The number of sulfonamides is 1. The summed E-state index contributed by atoms with van der Waals surface area (Å²) < 4.78 is 52.0. The van der Waals surface area contributed by atoms with Gasteiger partial charge >= 0.3 is 0 Å². The lowest BCUT2D eigenvalue weighted by Gasteiger charge is -2.07. The minimum Gasteiger partial charge on any atom is -0.330 e. The Morgan fingerprint density at radius 2 is 1.79 bits per heavy atom. The molecule has 0 saturated heterocycles. The van der Waals surface area contributed by atoms with Gasteiger partial charge in [-0.25, -0.2) is 21.9 Å². The predicted molar refractivity (Wildman–Crippen MR) is 69.1 cm³/mol. The van der Waals surface area contributed by atoms with Crippen molar-refractivity contribution in [2.75, 3.05) is 13.1 Å². The number of unbranched alkanes of at least 4 members (excludes halogenated alkanes) is 3. The molecule has 0 radical (unpaired) electrons. The van der Waals surface area contributed by atoms with Crippen LogP contribution in [0.3, 0.4) is 0 Å². The van der Waals surface area contributed by atoms with Gasteiger partial charge in [-0.1, -0.05) is 12.8 Å². The van der Waals surface area contributed by atoms with Crippen LogP contribution in [0.25, 0.3) is 0 Å². The lowest BCUT2D eigenvalue weighted by Crippen LogP contribution is -2.25. The molecule has 4 nitrogen and oxygen atoms in total. The van der Waals surface area contributed by atoms with Crippen LogP contribution in [0.15, 0.2) is 23.1 Å². The average molecular weight is 292 g/mol. The van der Waals surface area contributed by atoms with E-state index in [0.717, 1.165) is 31.4 Å². The fourth-order valence-corrected chi connectivity index (χ4v) is 2.75. The molecule has 0 heterocycles. The largest absolute Gasteiger partial charge is 0.330 e. The third kappa shape index (κ3) is 5.22. The van der Waals surface area contributed by atoms with Gasteiger partial charge in [0, 0.05) is 6.54 Å². The molecule has 0 atom stereocenters. The maximum Gasteiger partial charge on any atom is 0.243 e. The minimum atomic E-state index is -4.00. The number of halogens is 2. The molecule has 1 aromatic rings. The summed E-state index contributed by atoms with van der Waals surface area (Å²) in [5.41, 5.74) is 5.33. The second-order valence-electron chi connectivity index (χ2n) is 4.18. The molecule has 0 aliphatic rings. The van der Waals surface area contributed by atoms with Crippen LogP contribution in [0.4, 0.5) is 8.78 Å². The Morgan fingerprint density at radius 1 is 1.11 bits per heavy atom. The van der Waals surface area contributed by atoms with Crippen molar-refractivity contribution in [2.45, 2.75) is 30.6 Å². The zero-order valence-corrected chi connectivity index (χ0v) is 11.3. The first-order valence-electron chi connectivity index (χ1n) is 6.12. The summed E-state index contributed by atoms with van der Waals surface area (Å²) in [5.74, 6) is -1.75. The van der Waals surface area contributed by atoms with Gasteiger partial charge in [-0.3, -0.25) is 0 Å². The van der Waals surface area contributed by atoms with Gasteiger partial charge in [0.2, 0.25) is 10.0 Å². The van der Waals surface area contributed by atoms with E-state index < -0.39 is 26.6 Å². The fraction of sp³-hybridized carbons (Fsp3) is 0.500. The number of rotatable bonds is 8. The summed E-state index contributed by atoms with van der Waals surface area (Å²) >= 11 is 0. The lowest BCUT2D eigenvalue weighted by molar-refractivity contribution is 0.542. The van der Waals surface area contributed by atoms with Crippen LogP contribution in [0, 0.1) is 11.6 Å². The van der Waals surface area contributed by atoms with E-state index in [1.54, 1.807) is 0 Å². The Balaban J connectivity index is 2.54. The lowest BCUT2D eigenvalue weighted by atomic mass is 10.2. The molecule has 108 valence electrons. The zero-order valence-electron chi connectivity index (χ0n) is 10.5. The zero-order chi connectivity index (χ0) is 14.3. The summed E-state index contributed by atoms with van der Waals surface area (Å²) in [6.07, 6.45) is 3.29. The van der Waals surface area contributed by atoms with Crippen molar-refractivity contribution in [1.82, 2.24) is 4.72 Å². The van der Waals surface area contributed by atoms with E-state index in [-0.39, 0.29) is 6.54 Å². The summed E-state index contributed by atoms with van der Waals surface area (Å²) in [6, 6.07) is 2.35. The normalized spacial score (nSPS) is 11.7. The van der Waals surface area contributed by atoms with Crippen LogP contribution < -0.4 is 10.5 Å². The van der Waals surface area contributed by atoms with Gasteiger partial charge in [0.05, 0.1) is 0 Å². The van der Waals surface area contributed by atoms with Crippen molar-refractivity contribution in [2.24, 2.45) is 5.73 Å². The molecule has 3 N–H and O–H groups in total. The standard InChI is InChI=1S/C12H18F2N2O2S/c13-10-5-6-11(14)12(9-10)19(17,18)16-8-4-2-1-3-7-15/h5-6,9,16H,1-4,7-8,15H2. The molecule has 1 aromatic carbocycles. The Hall–Kier alpha value is -1.05. The van der Waals surface area contributed by atoms with Gasteiger partial charge in [0.25, 0.3) is 0 Å². The molecule has 0 aromatic heterocycles. The van der Waals surface area contributed by atoms with E-state index in [0.29, 0.717) is 19.0 Å². The molecule has 1 rings (SSSR count). The van der Waals surface area contributed by atoms with Crippen LogP contribution >= 0.6 is 0 Å². The number of nitrogens with two attached hydrogens (primary N) is 1. The third-order valence-electron chi connectivity index (χ3n) is 2.61. The molecule has 0 unspecified atom stereocenters. The SMILES string of the molecule is NCCCCCCNS(=O)(=O)c1cc(F)ccc1F. The summed E-state index contributed by atoms with van der Waals surface area (Å²) in [7, 11) is -4.00. The number of hydrogen-bond acceptors (Lipinski definition) is 3. The molecule has 0 saturated carbocycles. The van der Waals surface area contributed by atoms with Crippen LogP contribution in [0.1, 0.15) is 25.7 Å². The Kier molecular flexibility index (Phi) is 6.33. The van der Waals surface area contributed by atoms with Crippen molar-refractivity contribution < 1.29 is 17.2 Å². The van der Waals surface area contributed by atoms with Crippen molar-refractivity contribution in [1.29, 1.82) is 0 Å². The first-order valence-corrected chi connectivity index (χ1v) is 7.60. The Bertz CT molecular complexity index is 506. The summed E-state index contributed by atoms with van der Waals surface area (Å²) in [6.45, 7) is 0.809. The van der Waals surface area contributed by atoms with Crippen LogP contribution in [0.5, 0.6) is 0 Å². The number of benzene rings is 1. The van der Waals surface area contributed by atoms with Crippen LogP contribution in [0.2, 0.25) is 0 Å². The van der Waals surface area contributed by atoms with Gasteiger partial charge < -0.3 is 5.73 Å². The molecular formula is C12H18F2N2O2S. The molecule has 7 heteroatoms. The van der Waals surface area contributed by atoms with Crippen molar-refractivity contribution in [3.8, 4) is 0 Å². The fourth-order valence-electron chi connectivity index (χ4n) is 1.59. The topological polar surface area (TPSA) is 72.2 Å². The van der Waals surface area contributed by atoms with E-state index in [4.69, 9.17) is 5.73 Å². The highest BCUT2D eigenvalue weighted by Gasteiger charge is 2.19. The average Bonchev–Trinajstić information content (AvgIpc) is 2.36. The summed E-state index contributed by atoms with van der Waals surface area (Å²) in [4.78, 5) is -0.658. The van der Waals surface area contributed by atoms with Crippen molar-refractivity contribution in [3.63, 3.8) is 0 Å². The molecule has 0 amide bonds. The maximum absolute atomic E-state index is 13.3. The molecular weight excluding hydrogens is 274 g/mol. The van der Waals surface area contributed by atoms with Crippen molar-refractivity contribution in [3.05, 3.63) is 29.8 Å². The van der Waals surface area contributed by atoms with E-state index >= 15 is 0 Å². The van der Waals surface area contributed by atoms with E-state index in [1.807, 2.05) is 0 Å². The van der Waals surface area contributed by atoms with Gasteiger partial charge in [0.15, 0.2) is 0 Å². The molecule has 0 aliphatic heterocycles. The van der Waals surface area contributed by atoms with Gasteiger partial charge in [0.1, 0.15) is 16.5 Å². The second-order valence-corrected chi connectivity index (χ2v) is 5.91. The second kappa shape index (κ2) is 7.52. The maximum atomic E-state index is 13.3. The predicted octanol–water partition coefficient (Wildman–Crippen LogP) is 1.76. The van der Waals surface area contributed by atoms with Gasteiger partial charge in [-0.05, 0) is 37.6 Å². The van der Waals surface area contributed by atoms with Gasteiger partial charge in [-0.15, -0.1) is 0 Å². The van der Waals surface area contributed by atoms with E-state index in [2.05, 4.69) is 4.72 Å². The molecule has 0 spiro atoms. The van der Waals surface area contributed by atoms with Crippen LogP contribution in [-0.2, 0) is 10.0 Å². The minimum absolute atomic E-state index is 0.197.